The van der Waals surface area contributed by atoms with E-state index in [2.05, 4.69) is 0 Å². The molecule has 5 nitrogen and oxygen atoms in total. The van der Waals surface area contributed by atoms with Crippen LogP contribution in [0.4, 0.5) is 26.3 Å². The second-order valence-corrected chi connectivity index (χ2v) is 7.54. The largest absolute Gasteiger partial charge is 0.489 e. The Morgan fingerprint density at radius 2 is 1.85 bits per heavy atom. The molecule has 0 aliphatic carbocycles. The number of carboxylic acids is 1. The lowest BCUT2D eigenvalue weighted by Crippen LogP contribution is -2.40. The molecule has 0 aromatic heterocycles. The van der Waals surface area contributed by atoms with Crippen LogP contribution >= 0.6 is 0 Å². The van der Waals surface area contributed by atoms with Gasteiger partial charge < -0.3 is 14.6 Å². The third-order valence-corrected chi connectivity index (χ3v) is 5.13. The standard InChI is InChI=1S/C22H21F6NO4/c23-21(24,25)15-3-1-2-14(10-15)13-33-16-4-5-17(18(11-16)22(26,27)28)19-12-29(8-9-32-19)7-6-20(30)31/h1-5,10-11,19H,6-9,12-13H2,(H,30,31). The Hall–Kier alpha value is -2.79. The highest BCUT2D eigenvalue weighted by Gasteiger charge is 2.37. The highest BCUT2D eigenvalue weighted by atomic mass is 19.4. The zero-order valence-electron chi connectivity index (χ0n) is 17.2. The van der Waals surface area contributed by atoms with Gasteiger partial charge in [-0.2, -0.15) is 26.3 Å². The van der Waals surface area contributed by atoms with Crippen LogP contribution in [0.25, 0.3) is 0 Å². The van der Waals surface area contributed by atoms with Crippen LogP contribution in [-0.2, 0) is 28.5 Å². The lowest BCUT2D eigenvalue weighted by atomic mass is 10.00. The van der Waals surface area contributed by atoms with Gasteiger partial charge in [0.15, 0.2) is 0 Å². The van der Waals surface area contributed by atoms with Gasteiger partial charge >= 0.3 is 18.3 Å². The molecule has 1 fully saturated rings. The number of nitrogens with zero attached hydrogens (tertiary/aromatic N) is 1. The second-order valence-electron chi connectivity index (χ2n) is 7.54. The van der Waals surface area contributed by atoms with Crippen molar-refractivity contribution in [2.75, 3.05) is 26.2 Å². The van der Waals surface area contributed by atoms with Crippen molar-refractivity contribution >= 4 is 5.97 Å². The number of ether oxygens (including phenoxy) is 2. The van der Waals surface area contributed by atoms with Crippen molar-refractivity contribution in [3.8, 4) is 5.75 Å². The maximum Gasteiger partial charge on any atom is 0.416 e. The predicted molar refractivity (Wildman–Crippen MR) is 105 cm³/mol. The van der Waals surface area contributed by atoms with Gasteiger partial charge in [0.25, 0.3) is 0 Å². The number of hydrogen-bond donors (Lipinski definition) is 1. The molecule has 11 heteroatoms. The average molecular weight is 477 g/mol. The molecule has 0 bridgehead atoms. The number of benzene rings is 2. The van der Waals surface area contributed by atoms with Crippen LogP contribution in [0.2, 0.25) is 0 Å². The van der Waals surface area contributed by atoms with Gasteiger partial charge in [-0.15, -0.1) is 0 Å². The van der Waals surface area contributed by atoms with E-state index in [0.717, 1.165) is 18.2 Å². The smallest absolute Gasteiger partial charge is 0.416 e. The summed E-state index contributed by atoms with van der Waals surface area (Å²) in [5.74, 6) is -1.15. The molecule has 3 rings (SSSR count). The molecule has 1 N–H and O–H groups in total. The normalized spacial score (nSPS) is 17.7. The summed E-state index contributed by atoms with van der Waals surface area (Å²) in [6, 6.07) is 7.67. The second kappa shape index (κ2) is 10.0. The summed E-state index contributed by atoms with van der Waals surface area (Å²) in [7, 11) is 0. The molecule has 0 radical (unpaired) electrons. The summed E-state index contributed by atoms with van der Waals surface area (Å²) in [4.78, 5) is 12.5. The first-order chi connectivity index (χ1) is 15.4. The van der Waals surface area contributed by atoms with E-state index in [4.69, 9.17) is 14.6 Å². The van der Waals surface area contributed by atoms with Crippen LogP contribution < -0.4 is 4.74 Å². The van der Waals surface area contributed by atoms with Gasteiger partial charge in [-0.05, 0) is 35.4 Å². The number of carboxylic acid groups (broad SMARTS) is 1. The fourth-order valence-corrected chi connectivity index (χ4v) is 3.50. The average Bonchev–Trinajstić information content (AvgIpc) is 2.75. The number of halogens is 6. The van der Waals surface area contributed by atoms with Crippen molar-refractivity contribution in [3.63, 3.8) is 0 Å². The Labute approximate surface area is 185 Å². The van der Waals surface area contributed by atoms with E-state index in [1.807, 2.05) is 0 Å². The summed E-state index contributed by atoms with van der Waals surface area (Å²) < 4.78 is 90.6. The maximum absolute atomic E-state index is 13.8. The Bertz CT molecular complexity index is 976. The third kappa shape index (κ3) is 6.84. The van der Waals surface area contributed by atoms with Crippen LogP contribution in [-0.4, -0.2) is 42.2 Å². The first-order valence-corrected chi connectivity index (χ1v) is 9.99. The van der Waals surface area contributed by atoms with Crippen molar-refractivity contribution in [1.29, 1.82) is 0 Å². The molecule has 1 heterocycles. The van der Waals surface area contributed by atoms with Gasteiger partial charge in [0, 0.05) is 19.6 Å². The summed E-state index contributed by atoms with van der Waals surface area (Å²) in [5.41, 5.74) is -1.81. The van der Waals surface area contributed by atoms with Crippen LogP contribution in [0.15, 0.2) is 42.5 Å². The van der Waals surface area contributed by atoms with E-state index < -0.39 is 35.6 Å². The number of alkyl halides is 6. The summed E-state index contributed by atoms with van der Waals surface area (Å²) in [6.07, 6.45) is -10.3. The van der Waals surface area contributed by atoms with E-state index in [-0.39, 0.29) is 49.6 Å². The molecule has 0 saturated carbocycles. The van der Waals surface area contributed by atoms with Crippen molar-refractivity contribution in [3.05, 3.63) is 64.7 Å². The number of rotatable bonds is 7. The number of hydrogen-bond acceptors (Lipinski definition) is 4. The molecule has 2 aromatic carbocycles. The number of carbonyl (C=O) groups is 1. The monoisotopic (exact) mass is 477 g/mol. The minimum absolute atomic E-state index is 0.0980. The van der Waals surface area contributed by atoms with Gasteiger partial charge in [0.1, 0.15) is 12.4 Å². The Morgan fingerprint density at radius 3 is 2.52 bits per heavy atom. The molecule has 1 aliphatic rings. The van der Waals surface area contributed by atoms with E-state index in [1.165, 1.54) is 24.3 Å². The molecule has 2 aromatic rings. The van der Waals surface area contributed by atoms with Crippen molar-refractivity contribution in [2.45, 2.75) is 31.5 Å². The van der Waals surface area contributed by atoms with E-state index >= 15 is 0 Å². The minimum atomic E-state index is -4.72. The molecule has 33 heavy (non-hydrogen) atoms. The quantitative estimate of drug-likeness (QED) is 0.559. The highest BCUT2D eigenvalue weighted by molar-refractivity contribution is 5.66. The number of morpholine rings is 1. The fourth-order valence-electron chi connectivity index (χ4n) is 3.50. The minimum Gasteiger partial charge on any atom is -0.489 e. The maximum atomic E-state index is 13.8. The van der Waals surface area contributed by atoms with Crippen LogP contribution in [0, 0.1) is 0 Å². The molecular weight excluding hydrogens is 456 g/mol. The summed E-state index contributed by atoms with van der Waals surface area (Å²) >= 11 is 0. The van der Waals surface area contributed by atoms with Crippen LogP contribution in [0.1, 0.15) is 34.8 Å². The highest BCUT2D eigenvalue weighted by Crippen LogP contribution is 2.39. The van der Waals surface area contributed by atoms with Gasteiger partial charge in [-0.3, -0.25) is 9.69 Å². The van der Waals surface area contributed by atoms with Gasteiger partial charge in [0.05, 0.1) is 30.3 Å². The van der Waals surface area contributed by atoms with Gasteiger partial charge in [-0.1, -0.05) is 18.2 Å². The third-order valence-electron chi connectivity index (χ3n) is 5.13. The Morgan fingerprint density at radius 1 is 1.09 bits per heavy atom. The van der Waals surface area contributed by atoms with E-state index in [0.29, 0.717) is 6.54 Å². The molecule has 1 saturated heterocycles. The predicted octanol–water partition coefficient (Wildman–Crippen LogP) is 5.15. The molecule has 1 unspecified atom stereocenters. The molecule has 0 amide bonds. The van der Waals surface area contributed by atoms with Crippen LogP contribution in [0.3, 0.4) is 0 Å². The SMILES string of the molecule is O=C(O)CCN1CCOC(c2ccc(OCc3cccc(C(F)(F)F)c3)cc2C(F)(F)F)C1. The van der Waals surface area contributed by atoms with Crippen molar-refractivity contribution < 1.29 is 45.7 Å². The Kier molecular flexibility index (Phi) is 7.53. The molecule has 0 spiro atoms. The molecule has 1 aliphatic heterocycles. The lowest BCUT2D eigenvalue weighted by molar-refractivity contribution is -0.141. The van der Waals surface area contributed by atoms with E-state index in [9.17, 15) is 31.1 Å². The first kappa shape index (κ1) is 24.8. The molecule has 1 atom stereocenters. The van der Waals surface area contributed by atoms with Gasteiger partial charge in [0.2, 0.25) is 0 Å². The van der Waals surface area contributed by atoms with E-state index in [1.54, 1.807) is 4.90 Å². The summed E-state index contributed by atoms with van der Waals surface area (Å²) in [6.45, 7) is 0.498. The topological polar surface area (TPSA) is 59.0 Å². The molecule has 180 valence electrons. The van der Waals surface area contributed by atoms with Crippen molar-refractivity contribution in [1.82, 2.24) is 4.90 Å². The first-order valence-electron chi connectivity index (χ1n) is 9.99. The van der Waals surface area contributed by atoms with Gasteiger partial charge in [-0.25, -0.2) is 0 Å². The fraction of sp³-hybridized carbons (Fsp3) is 0.409. The number of aliphatic carboxylic acids is 1. The van der Waals surface area contributed by atoms with Crippen LogP contribution in [0.5, 0.6) is 5.75 Å². The van der Waals surface area contributed by atoms with Crippen molar-refractivity contribution in [2.24, 2.45) is 0 Å². The zero-order valence-corrected chi connectivity index (χ0v) is 17.2. The summed E-state index contributed by atoms with van der Waals surface area (Å²) in [5, 5.41) is 8.82. The lowest BCUT2D eigenvalue weighted by Gasteiger charge is -2.34. The Balaban J connectivity index is 1.77. The molecular formula is C22H21F6NO4. The zero-order chi connectivity index (χ0) is 24.2.